The SMILES string of the molecule is CC(=CC(=O)Nc1ccccc1OCCCC(=O)O)c1ccc2c(ccn2C(c2ccccc2)c2ccccc2)c1. The van der Waals surface area contributed by atoms with E-state index >= 15 is 0 Å². The molecule has 2 N–H and O–H groups in total. The Kier molecular flexibility index (Phi) is 8.60. The van der Waals surface area contributed by atoms with Crippen LogP contribution in [0.15, 0.2) is 121 Å². The number of benzene rings is 4. The van der Waals surface area contributed by atoms with Crippen molar-refractivity contribution in [3.8, 4) is 5.75 Å². The summed E-state index contributed by atoms with van der Waals surface area (Å²) in [7, 11) is 0. The Morgan fingerprint density at radius 3 is 2.22 bits per heavy atom. The summed E-state index contributed by atoms with van der Waals surface area (Å²) >= 11 is 0. The van der Waals surface area contributed by atoms with Crippen molar-refractivity contribution < 1.29 is 19.4 Å². The largest absolute Gasteiger partial charge is 0.491 e. The molecule has 0 radical (unpaired) electrons. The van der Waals surface area contributed by atoms with Crippen molar-refractivity contribution in [3.63, 3.8) is 0 Å². The van der Waals surface area contributed by atoms with Crippen molar-refractivity contribution in [2.75, 3.05) is 11.9 Å². The van der Waals surface area contributed by atoms with Crippen LogP contribution in [0.1, 0.15) is 42.5 Å². The summed E-state index contributed by atoms with van der Waals surface area (Å²) in [4.78, 5) is 23.7. The lowest BCUT2D eigenvalue weighted by Gasteiger charge is -2.21. The van der Waals surface area contributed by atoms with E-state index in [9.17, 15) is 9.59 Å². The lowest BCUT2D eigenvalue weighted by atomic mass is 9.98. The number of aromatic nitrogens is 1. The van der Waals surface area contributed by atoms with Crippen LogP contribution < -0.4 is 10.1 Å². The minimum absolute atomic E-state index is 0.0311. The van der Waals surface area contributed by atoms with Crippen molar-refractivity contribution in [2.45, 2.75) is 25.8 Å². The predicted molar refractivity (Wildman–Crippen MR) is 163 cm³/mol. The summed E-state index contributed by atoms with van der Waals surface area (Å²) < 4.78 is 8.01. The number of rotatable bonds is 11. The zero-order valence-electron chi connectivity index (χ0n) is 22.9. The normalized spacial score (nSPS) is 11.5. The van der Waals surface area contributed by atoms with Crippen molar-refractivity contribution in [1.29, 1.82) is 0 Å². The van der Waals surface area contributed by atoms with Crippen LogP contribution in [0.5, 0.6) is 5.75 Å². The molecule has 0 spiro atoms. The molecule has 1 aromatic heterocycles. The molecule has 0 unspecified atom stereocenters. The third kappa shape index (κ3) is 6.73. The van der Waals surface area contributed by atoms with Gasteiger partial charge in [-0.2, -0.15) is 0 Å². The molecule has 0 aliphatic heterocycles. The van der Waals surface area contributed by atoms with E-state index in [1.54, 1.807) is 18.2 Å². The molecular weight excluding hydrogens is 512 g/mol. The summed E-state index contributed by atoms with van der Waals surface area (Å²) in [6.45, 7) is 2.17. The topological polar surface area (TPSA) is 80.6 Å². The number of hydrogen-bond acceptors (Lipinski definition) is 3. The van der Waals surface area contributed by atoms with Gasteiger partial charge in [-0.25, -0.2) is 0 Å². The zero-order chi connectivity index (χ0) is 28.6. The molecule has 6 nitrogen and oxygen atoms in total. The molecule has 4 aromatic carbocycles. The van der Waals surface area contributed by atoms with E-state index in [-0.39, 0.29) is 25.0 Å². The second-order valence-electron chi connectivity index (χ2n) is 9.88. The maximum atomic E-state index is 12.9. The van der Waals surface area contributed by atoms with E-state index in [4.69, 9.17) is 9.84 Å². The van der Waals surface area contributed by atoms with Crippen LogP contribution in [0.25, 0.3) is 16.5 Å². The van der Waals surface area contributed by atoms with Gasteiger partial charge in [0, 0.05) is 29.6 Å². The number of aliphatic carboxylic acids is 1. The van der Waals surface area contributed by atoms with Crippen LogP contribution in [0.4, 0.5) is 5.69 Å². The second kappa shape index (κ2) is 12.8. The van der Waals surface area contributed by atoms with Gasteiger partial charge in [0.05, 0.1) is 18.3 Å². The van der Waals surface area contributed by atoms with Gasteiger partial charge in [0.2, 0.25) is 5.91 Å². The standard InChI is InChI=1S/C35H32N2O4/c1-25(23-33(38)36-30-15-8-9-16-32(30)41-22-10-17-34(39)40)28-18-19-31-29(24-28)20-21-37(31)35(26-11-4-2-5-12-26)27-13-6-3-7-14-27/h2-9,11-16,18-21,23-24,35H,10,17,22H2,1H3,(H,36,38)(H,39,40). The second-order valence-corrected chi connectivity index (χ2v) is 9.88. The van der Waals surface area contributed by atoms with E-state index in [1.807, 2.05) is 37.3 Å². The van der Waals surface area contributed by atoms with Gasteiger partial charge in [-0.15, -0.1) is 0 Å². The monoisotopic (exact) mass is 544 g/mol. The smallest absolute Gasteiger partial charge is 0.303 e. The number of anilines is 1. The Hall–Kier alpha value is -5.10. The Morgan fingerprint density at radius 2 is 1.54 bits per heavy atom. The minimum Gasteiger partial charge on any atom is -0.491 e. The van der Waals surface area contributed by atoms with Crippen molar-refractivity contribution >= 4 is 34.0 Å². The van der Waals surface area contributed by atoms with Gasteiger partial charge in [0.1, 0.15) is 5.75 Å². The van der Waals surface area contributed by atoms with Crippen molar-refractivity contribution in [3.05, 3.63) is 138 Å². The molecule has 0 aliphatic rings. The fourth-order valence-electron chi connectivity index (χ4n) is 4.97. The highest BCUT2D eigenvalue weighted by Gasteiger charge is 2.18. The molecule has 0 fully saturated rings. The highest BCUT2D eigenvalue weighted by molar-refractivity contribution is 6.05. The number of amides is 1. The van der Waals surface area contributed by atoms with Gasteiger partial charge in [0.25, 0.3) is 0 Å². The first-order valence-electron chi connectivity index (χ1n) is 13.6. The average Bonchev–Trinajstić information content (AvgIpc) is 3.40. The zero-order valence-corrected chi connectivity index (χ0v) is 22.9. The molecule has 6 heteroatoms. The summed E-state index contributed by atoms with van der Waals surface area (Å²) in [6, 6.07) is 36.5. The number of allylic oxidation sites excluding steroid dienone is 1. The number of carboxylic acids is 1. The average molecular weight is 545 g/mol. The number of carboxylic acid groups (broad SMARTS) is 1. The Labute approximate surface area is 239 Å². The van der Waals surface area contributed by atoms with E-state index in [2.05, 4.69) is 82.8 Å². The molecule has 41 heavy (non-hydrogen) atoms. The number of carbonyl (C=O) groups is 2. The van der Waals surface area contributed by atoms with Crippen molar-refractivity contribution in [1.82, 2.24) is 4.57 Å². The lowest BCUT2D eigenvalue weighted by Crippen LogP contribution is -2.11. The quantitative estimate of drug-likeness (QED) is 0.133. The summed E-state index contributed by atoms with van der Waals surface area (Å²) in [5, 5.41) is 12.8. The fourth-order valence-corrected chi connectivity index (χ4v) is 4.97. The number of para-hydroxylation sites is 2. The number of carbonyl (C=O) groups excluding carboxylic acids is 1. The first-order valence-corrected chi connectivity index (χ1v) is 13.6. The van der Waals surface area contributed by atoms with Crippen LogP contribution in [0, 0.1) is 0 Å². The van der Waals surface area contributed by atoms with Gasteiger partial charge in [-0.3, -0.25) is 9.59 Å². The minimum atomic E-state index is -0.863. The molecule has 5 rings (SSSR count). The van der Waals surface area contributed by atoms with E-state index in [0.29, 0.717) is 17.9 Å². The van der Waals surface area contributed by atoms with Crippen molar-refractivity contribution in [2.24, 2.45) is 0 Å². The Morgan fingerprint density at radius 1 is 0.878 bits per heavy atom. The Balaban J connectivity index is 1.35. The molecule has 0 atom stereocenters. The van der Waals surface area contributed by atoms with Crippen LogP contribution in [0.2, 0.25) is 0 Å². The van der Waals surface area contributed by atoms with Gasteiger partial charge in [0.15, 0.2) is 0 Å². The van der Waals surface area contributed by atoms with Crippen LogP contribution in [-0.2, 0) is 9.59 Å². The maximum Gasteiger partial charge on any atom is 0.303 e. The fraction of sp³-hybridized carbons (Fsp3) is 0.143. The highest BCUT2D eigenvalue weighted by Crippen LogP contribution is 2.32. The molecule has 0 bridgehead atoms. The third-order valence-corrected chi connectivity index (χ3v) is 6.97. The third-order valence-electron chi connectivity index (χ3n) is 6.97. The van der Waals surface area contributed by atoms with Crippen LogP contribution in [0.3, 0.4) is 0 Å². The first-order chi connectivity index (χ1) is 20.0. The maximum absolute atomic E-state index is 12.9. The molecule has 5 aromatic rings. The van der Waals surface area contributed by atoms with E-state index < -0.39 is 5.97 Å². The lowest BCUT2D eigenvalue weighted by molar-refractivity contribution is -0.137. The summed E-state index contributed by atoms with van der Waals surface area (Å²) in [5.74, 6) is -0.626. The molecule has 0 saturated carbocycles. The Bertz CT molecular complexity index is 1630. The highest BCUT2D eigenvalue weighted by atomic mass is 16.5. The number of ether oxygens (including phenoxy) is 1. The molecular formula is C35H32N2O4. The summed E-state index contributed by atoms with van der Waals surface area (Å²) in [6.07, 6.45) is 4.12. The van der Waals surface area contributed by atoms with E-state index in [0.717, 1.165) is 22.0 Å². The van der Waals surface area contributed by atoms with Gasteiger partial charge in [-0.05, 0) is 65.9 Å². The predicted octanol–water partition coefficient (Wildman–Crippen LogP) is 7.56. The molecule has 206 valence electrons. The number of hydrogen-bond donors (Lipinski definition) is 2. The van der Waals surface area contributed by atoms with Crippen LogP contribution >= 0.6 is 0 Å². The number of nitrogens with one attached hydrogen (secondary N) is 1. The van der Waals surface area contributed by atoms with Gasteiger partial charge in [-0.1, -0.05) is 78.9 Å². The van der Waals surface area contributed by atoms with Gasteiger partial charge < -0.3 is 19.7 Å². The number of fused-ring (bicyclic) bond motifs is 1. The number of nitrogens with zero attached hydrogens (tertiary/aromatic N) is 1. The summed E-state index contributed by atoms with van der Waals surface area (Å²) in [5.41, 5.74) is 5.85. The van der Waals surface area contributed by atoms with Gasteiger partial charge >= 0.3 is 5.97 Å². The molecule has 0 saturated heterocycles. The molecule has 0 aliphatic carbocycles. The first kappa shape index (κ1) is 27.5. The van der Waals surface area contributed by atoms with Crippen LogP contribution in [-0.4, -0.2) is 28.2 Å². The molecule has 1 amide bonds. The van der Waals surface area contributed by atoms with E-state index in [1.165, 1.54) is 11.1 Å². The molecule has 1 heterocycles.